The molecule has 0 aromatic rings. The molecule has 1 saturated heterocycles. The van der Waals surface area contributed by atoms with Crippen molar-refractivity contribution in [2.75, 3.05) is 6.61 Å². The molecule has 4 nitrogen and oxygen atoms in total. The van der Waals surface area contributed by atoms with Gasteiger partial charge in [0.05, 0.1) is 12.6 Å². The van der Waals surface area contributed by atoms with Crippen LogP contribution in [0.15, 0.2) is 0 Å². The van der Waals surface area contributed by atoms with Crippen molar-refractivity contribution in [3.63, 3.8) is 0 Å². The van der Waals surface area contributed by atoms with Crippen molar-refractivity contribution in [3.05, 3.63) is 0 Å². The maximum atomic E-state index is 10.6. The number of likely N-dealkylation sites (tertiary alicyclic amines) is 1. The van der Waals surface area contributed by atoms with Crippen LogP contribution in [0.2, 0.25) is 0 Å². The molecule has 2 aliphatic rings. The first-order chi connectivity index (χ1) is 5.24. The Morgan fingerprint density at radius 1 is 1.55 bits per heavy atom. The summed E-state index contributed by atoms with van der Waals surface area (Å²) in [6, 6.07) is 0.0981. The largest absolute Gasteiger partial charge is 0.465 e. The molecule has 1 aliphatic carbocycles. The molecule has 0 bridgehead atoms. The number of hydrogen-bond acceptors (Lipinski definition) is 2. The summed E-state index contributed by atoms with van der Waals surface area (Å²) in [4.78, 5) is 12.0. The van der Waals surface area contributed by atoms with Gasteiger partial charge in [-0.3, -0.25) is 4.90 Å². The molecule has 0 radical (unpaired) electrons. The molecule has 1 aliphatic heterocycles. The van der Waals surface area contributed by atoms with Crippen LogP contribution in [0.3, 0.4) is 0 Å². The molecule has 1 saturated carbocycles. The van der Waals surface area contributed by atoms with Crippen LogP contribution in [0.1, 0.15) is 12.8 Å². The summed E-state index contributed by atoms with van der Waals surface area (Å²) < 4.78 is 0. The zero-order valence-corrected chi connectivity index (χ0v) is 6.10. The number of carbonyl (C=O) groups is 1. The van der Waals surface area contributed by atoms with Crippen LogP contribution in [-0.2, 0) is 0 Å². The van der Waals surface area contributed by atoms with Gasteiger partial charge in [-0.1, -0.05) is 0 Å². The van der Waals surface area contributed by atoms with Crippen LogP contribution in [-0.4, -0.2) is 39.9 Å². The van der Waals surface area contributed by atoms with E-state index in [0.717, 1.165) is 12.8 Å². The fourth-order valence-electron chi connectivity index (χ4n) is 2.02. The number of piperidine rings is 1. The van der Waals surface area contributed by atoms with Gasteiger partial charge in [0.2, 0.25) is 0 Å². The molecule has 2 N–H and O–H groups in total. The molecule has 2 fully saturated rings. The maximum absolute atomic E-state index is 10.6. The third-order valence-corrected chi connectivity index (χ3v) is 2.64. The normalized spacial score (nSPS) is 40.5. The molecule has 11 heavy (non-hydrogen) atoms. The summed E-state index contributed by atoms with van der Waals surface area (Å²) in [5.41, 5.74) is 0. The van der Waals surface area contributed by atoms with Crippen molar-refractivity contribution < 1.29 is 15.0 Å². The number of amides is 1. The molecule has 2 rings (SSSR count). The van der Waals surface area contributed by atoms with Crippen LogP contribution in [0.5, 0.6) is 0 Å². The Morgan fingerprint density at radius 2 is 2.27 bits per heavy atom. The lowest BCUT2D eigenvalue weighted by atomic mass is 10.2. The highest BCUT2D eigenvalue weighted by Crippen LogP contribution is 2.47. The second-order valence-electron chi connectivity index (χ2n) is 3.33. The van der Waals surface area contributed by atoms with Gasteiger partial charge in [0.25, 0.3) is 0 Å². The molecular formula is C7H11NO3. The van der Waals surface area contributed by atoms with Crippen molar-refractivity contribution in [1.29, 1.82) is 0 Å². The van der Waals surface area contributed by atoms with Crippen LogP contribution >= 0.6 is 0 Å². The molecule has 0 aromatic heterocycles. The summed E-state index contributed by atoms with van der Waals surface area (Å²) in [5.74, 6) is 0.545. The van der Waals surface area contributed by atoms with Gasteiger partial charge in [-0.15, -0.1) is 0 Å². The quantitative estimate of drug-likeness (QED) is 0.568. The van der Waals surface area contributed by atoms with Crippen LogP contribution in [0, 0.1) is 5.92 Å². The van der Waals surface area contributed by atoms with E-state index in [-0.39, 0.29) is 18.7 Å². The Balaban J connectivity index is 2.08. The van der Waals surface area contributed by atoms with E-state index >= 15 is 0 Å². The second-order valence-corrected chi connectivity index (χ2v) is 3.33. The van der Waals surface area contributed by atoms with E-state index in [2.05, 4.69) is 0 Å². The van der Waals surface area contributed by atoms with E-state index in [9.17, 15) is 4.79 Å². The third-order valence-electron chi connectivity index (χ3n) is 2.64. The number of carboxylic acid groups (broad SMARTS) is 1. The van der Waals surface area contributed by atoms with E-state index < -0.39 is 6.09 Å². The van der Waals surface area contributed by atoms with E-state index in [1.165, 1.54) is 4.90 Å². The number of hydrogen-bond donors (Lipinski definition) is 2. The molecule has 3 atom stereocenters. The summed E-state index contributed by atoms with van der Waals surface area (Å²) in [7, 11) is 0. The lowest BCUT2D eigenvalue weighted by molar-refractivity contribution is 0.106. The topological polar surface area (TPSA) is 60.8 Å². The molecule has 1 heterocycles. The monoisotopic (exact) mass is 157 g/mol. The lowest BCUT2D eigenvalue weighted by Gasteiger charge is -2.22. The van der Waals surface area contributed by atoms with Gasteiger partial charge >= 0.3 is 6.09 Å². The highest BCUT2D eigenvalue weighted by atomic mass is 16.4. The molecule has 1 amide bonds. The van der Waals surface area contributed by atoms with Crippen molar-refractivity contribution in [2.24, 2.45) is 5.92 Å². The Hall–Kier alpha value is -0.770. The lowest BCUT2D eigenvalue weighted by Crippen LogP contribution is -2.39. The molecule has 0 aromatic carbocycles. The van der Waals surface area contributed by atoms with Gasteiger partial charge in [0.1, 0.15) is 0 Å². The second kappa shape index (κ2) is 2.11. The number of fused-ring (bicyclic) bond motifs is 1. The first kappa shape index (κ1) is 6.91. The fourth-order valence-corrected chi connectivity index (χ4v) is 2.02. The molecule has 4 heteroatoms. The highest BCUT2D eigenvalue weighted by Gasteiger charge is 2.53. The minimum Gasteiger partial charge on any atom is -0.465 e. The Morgan fingerprint density at radius 3 is 2.73 bits per heavy atom. The molecule has 0 spiro atoms. The van der Waals surface area contributed by atoms with Crippen LogP contribution in [0.25, 0.3) is 0 Å². The fraction of sp³-hybridized carbons (Fsp3) is 0.857. The zero-order valence-electron chi connectivity index (χ0n) is 6.10. The third kappa shape index (κ3) is 0.894. The number of aliphatic hydroxyl groups is 1. The predicted octanol–water partition coefficient (Wildman–Crippen LogP) is 0.119. The zero-order chi connectivity index (χ0) is 8.01. The van der Waals surface area contributed by atoms with E-state index in [1.54, 1.807) is 0 Å². The van der Waals surface area contributed by atoms with E-state index in [0.29, 0.717) is 5.92 Å². The van der Waals surface area contributed by atoms with E-state index in [1.807, 2.05) is 0 Å². The van der Waals surface area contributed by atoms with Crippen molar-refractivity contribution >= 4 is 6.09 Å². The standard InChI is InChI=1S/C7H11NO3/c9-3-5-1-4-2-6(4)8(5)7(10)11/h4-6,9H,1-3H2,(H,10,11)/t4-,5?,6?/m1/s1. The first-order valence-electron chi connectivity index (χ1n) is 3.86. The molecule has 2 unspecified atom stereocenters. The molecule has 62 valence electrons. The van der Waals surface area contributed by atoms with Gasteiger partial charge < -0.3 is 10.2 Å². The Labute approximate surface area is 64.4 Å². The minimum atomic E-state index is -0.881. The smallest absolute Gasteiger partial charge is 0.407 e. The number of rotatable bonds is 1. The average Bonchev–Trinajstić information content (AvgIpc) is 2.61. The van der Waals surface area contributed by atoms with Gasteiger partial charge in [0.15, 0.2) is 0 Å². The average molecular weight is 157 g/mol. The Kier molecular flexibility index (Phi) is 1.32. The van der Waals surface area contributed by atoms with Crippen LogP contribution in [0.4, 0.5) is 4.79 Å². The predicted molar refractivity (Wildman–Crippen MR) is 37.2 cm³/mol. The minimum absolute atomic E-state index is 0.0285. The van der Waals surface area contributed by atoms with Crippen LogP contribution < -0.4 is 0 Å². The molecular weight excluding hydrogens is 146 g/mol. The van der Waals surface area contributed by atoms with Gasteiger partial charge in [-0.05, 0) is 18.8 Å². The summed E-state index contributed by atoms with van der Waals surface area (Å²) >= 11 is 0. The SMILES string of the molecule is O=C(O)N1C(CO)C[C@@H]2CC21. The summed E-state index contributed by atoms with van der Waals surface area (Å²) in [6.45, 7) is -0.0285. The number of nitrogens with zero attached hydrogens (tertiary/aromatic N) is 1. The van der Waals surface area contributed by atoms with Gasteiger partial charge in [-0.25, -0.2) is 4.79 Å². The van der Waals surface area contributed by atoms with Gasteiger partial charge in [-0.2, -0.15) is 0 Å². The maximum Gasteiger partial charge on any atom is 0.407 e. The number of aliphatic hydroxyl groups excluding tert-OH is 1. The summed E-state index contributed by atoms with van der Waals surface area (Å²) in [6.07, 6.45) is 0.977. The first-order valence-corrected chi connectivity index (χ1v) is 3.86. The summed E-state index contributed by atoms with van der Waals surface area (Å²) in [5, 5.41) is 17.5. The van der Waals surface area contributed by atoms with Crippen molar-refractivity contribution in [1.82, 2.24) is 4.90 Å². The van der Waals surface area contributed by atoms with Crippen molar-refractivity contribution in [2.45, 2.75) is 24.9 Å². The highest BCUT2D eigenvalue weighted by molar-refractivity contribution is 5.67. The van der Waals surface area contributed by atoms with E-state index in [4.69, 9.17) is 10.2 Å². The Bertz CT molecular complexity index is 194. The van der Waals surface area contributed by atoms with Gasteiger partial charge in [0, 0.05) is 6.04 Å². The van der Waals surface area contributed by atoms with Crippen molar-refractivity contribution in [3.8, 4) is 0 Å².